The molecule has 0 saturated carbocycles. The fourth-order valence-electron chi connectivity index (χ4n) is 10.2. The Labute approximate surface area is 368 Å². The first-order chi connectivity index (χ1) is 31.2. The molecule has 0 heterocycles. The van der Waals surface area contributed by atoms with Crippen LogP contribution in [0.1, 0.15) is 22.3 Å². The van der Waals surface area contributed by atoms with Crippen molar-refractivity contribution in [1.29, 1.82) is 0 Å². The number of hydrogen-bond acceptors (Lipinski definition) is 1. The molecule has 0 saturated heterocycles. The Hall–Kier alpha value is -8.00. The molecular formula is C62H43N. The van der Waals surface area contributed by atoms with Crippen LogP contribution in [0, 0.1) is 0 Å². The summed E-state index contributed by atoms with van der Waals surface area (Å²) in [5, 5.41) is 7.61. The molecule has 1 aliphatic rings. The smallest absolute Gasteiger partial charge is 0.0543 e. The Morgan fingerprint density at radius 2 is 0.651 bits per heavy atom. The van der Waals surface area contributed by atoms with Crippen molar-refractivity contribution in [2.75, 3.05) is 4.90 Å². The summed E-state index contributed by atoms with van der Waals surface area (Å²) in [6.07, 6.45) is 1.64. The molecule has 1 heteroatoms. The monoisotopic (exact) mass is 801 g/mol. The van der Waals surface area contributed by atoms with Crippen LogP contribution in [0.5, 0.6) is 0 Å². The van der Waals surface area contributed by atoms with Crippen LogP contribution in [0.15, 0.2) is 237 Å². The minimum Gasteiger partial charge on any atom is -0.310 e. The fourth-order valence-corrected chi connectivity index (χ4v) is 10.2. The lowest BCUT2D eigenvalue weighted by molar-refractivity contribution is 1.14. The van der Waals surface area contributed by atoms with Crippen LogP contribution in [0.3, 0.4) is 0 Å². The van der Waals surface area contributed by atoms with Crippen LogP contribution in [0.2, 0.25) is 0 Å². The molecule has 11 aromatic carbocycles. The third-order valence-corrected chi connectivity index (χ3v) is 13.2. The van der Waals surface area contributed by atoms with Gasteiger partial charge in [-0.1, -0.05) is 206 Å². The van der Waals surface area contributed by atoms with Crippen molar-refractivity contribution in [3.8, 4) is 44.5 Å². The zero-order valence-electron chi connectivity index (χ0n) is 34.9. The molecule has 0 fully saturated rings. The van der Waals surface area contributed by atoms with Crippen molar-refractivity contribution < 1.29 is 0 Å². The van der Waals surface area contributed by atoms with E-state index in [-0.39, 0.29) is 0 Å². The summed E-state index contributed by atoms with van der Waals surface area (Å²) >= 11 is 0. The van der Waals surface area contributed by atoms with Crippen LogP contribution in [0.4, 0.5) is 17.1 Å². The zero-order valence-corrected chi connectivity index (χ0v) is 34.9. The lowest BCUT2D eigenvalue weighted by Gasteiger charge is -2.31. The number of fused-ring (bicyclic) bond motifs is 12. The van der Waals surface area contributed by atoms with E-state index in [2.05, 4.69) is 241 Å². The maximum absolute atomic E-state index is 2.51. The molecule has 12 rings (SSSR count). The summed E-state index contributed by atoms with van der Waals surface area (Å²) in [4.78, 5) is 2.51. The predicted octanol–water partition coefficient (Wildman–Crippen LogP) is 16.8. The van der Waals surface area contributed by atoms with Crippen molar-refractivity contribution in [2.24, 2.45) is 0 Å². The number of hydrogen-bond donors (Lipinski definition) is 0. The van der Waals surface area contributed by atoms with Gasteiger partial charge in [-0.15, -0.1) is 0 Å². The summed E-state index contributed by atoms with van der Waals surface area (Å²) in [7, 11) is 0. The molecule has 0 bridgehead atoms. The molecule has 1 nitrogen and oxygen atoms in total. The van der Waals surface area contributed by atoms with Crippen molar-refractivity contribution in [2.45, 2.75) is 12.8 Å². The highest BCUT2D eigenvalue weighted by molar-refractivity contribution is 6.25. The second-order valence-corrected chi connectivity index (χ2v) is 16.8. The summed E-state index contributed by atoms with van der Waals surface area (Å²) in [5.41, 5.74) is 18.7. The normalized spacial score (nSPS) is 12.0. The highest BCUT2D eigenvalue weighted by atomic mass is 15.1. The molecule has 0 atom stereocenters. The van der Waals surface area contributed by atoms with E-state index in [1.165, 1.54) is 99.1 Å². The fraction of sp³-hybridized carbons (Fsp3) is 0.0323. The Morgan fingerprint density at radius 1 is 0.254 bits per heavy atom. The van der Waals surface area contributed by atoms with Crippen LogP contribution in [-0.2, 0) is 12.8 Å². The molecule has 0 spiro atoms. The lowest BCUT2D eigenvalue weighted by Crippen LogP contribution is -2.13. The molecule has 0 unspecified atom stereocenters. The number of rotatable bonds is 5. The van der Waals surface area contributed by atoms with Crippen molar-refractivity contribution in [1.82, 2.24) is 0 Å². The molecule has 0 amide bonds. The van der Waals surface area contributed by atoms with Gasteiger partial charge in [-0.2, -0.15) is 0 Å². The molecule has 0 N–H and O–H groups in total. The van der Waals surface area contributed by atoms with E-state index in [9.17, 15) is 0 Å². The highest BCUT2D eigenvalue weighted by Crippen LogP contribution is 2.47. The van der Waals surface area contributed by atoms with Crippen LogP contribution in [0.25, 0.3) is 76.8 Å². The van der Waals surface area contributed by atoms with Gasteiger partial charge in [0.25, 0.3) is 0 Å². The van der Waals surface area contributed by atoms with Gasteiger partial charge in [0.2, 0.25) is 0 Å². The minimum atomic E-state index is 0.808. The van der Waals surface area contributed by atoms with E-state index in [1.54, 1.807) is 0 Å². The molecular weight excluding hydrogens is 759 g/mol. The Kier molecular flexibility index (Phi) is 9.04. The maximum Gasteiger partial charge on any atom is 0.0543 e. The summed E-state index contributed by atoms with van der Waals surface area (Å²) < 4.78 is 0. The summed E-state index contributed by atoms with van der Waals surface area (Å²) in [6, 6.07) is 87.5. The van der Waals surface area contributed by atoms with E-state index in [1.807, 2.05) is 0 Å². The molecule has 296 valence electrons. The minimum absolute atomic E-state index is 0.808. The van der Waals surface area contributed by atoms with Gasteiger partial charge >= 0.3 is 0 Å². The molecule has 63 heavy (non-hydrogen) atoms. The average Bonchev–Trinajstić information content (AvgIpc) is 3.35. The SMILES string of the molecule is c1ccc(-c2ccc(-c3ccc(N(c4ccc5c6ccccc6c6ccccc6c5c4)c4cccc5c4-c4ccccc4Cc4ccccc4-c4ccccc4C5)cc3)cc2)cc1. The van der Waals surface area contributed by atoms with Gasteiger partial charge in [0, 0.05) is 16.9 Å². The number of nitrogens with zero attached hydrogens (tertiary/aromatic N) is 1. The van der Waals surface area contributed by atoms with E-state index in [4.69, 9.17) is 0 Å². The van der Waals surface area contributed by atoms with Crippen LogP contribution in [-0.4, -0.2) is 0 Å². The number of anilines is 3. The van der Waals surface area contributed by atoms with Crippen molar-refractivity contribution in [3.63, 3.8) is 0 Å². The lowest BCUT2D eigenvalue weighted by atomic mass is 9.83. The Balaban J connectivity index is 1.08. The number of benzene rings is 11. The third kappa shape index (κ3) is 6.49. The summed E-state index contributed by atoms with van der Waals surface area (Å²) in [6.45, 7) is 0. The molecule has 0 radical (unpaired) electrons. The molecule has 1 aliphatic carbocycles. The van der Waals surface area contributed by atoms with Crippen LogP contribution >= 0.6 is 0 Å². The quantitative estimate of drug-likeness (QED) is 0.157. The molecule has 11 aromatic rings. The van der Waals surface area contributed by atoms with E-state index < -0.39 is 0 Å². The van der Waals surface area contributed by atoms with Gasteiger partial charge in [-0.25, -0.2) is 0 Å². The van der Waals surface area contributed by atoms with Gasteiger partial charge in [0.1, 0.15) is 0 Å². The summed E-state index contributed by atoms with van der Waals surface area (Å²) in [5.74, 6) is 0. The van der Waals surface area contributed by atoms with E-state index in [0.29, 0.717) is 0 Å². The second kappa shape index (κ2) is 15.5. The van der Waals surface area contributed by atoms with Gasteiger partial charge in [0.15, 0.2) is 0 Å². The van der Waals surface area contributed by atoms with E-state index in [0.717, 1.165) is 29.9 Å². The largest absolute Gasteiger partial charge is 0.310 e. The zero-order chi connectivity index (χ0) is 41.7. The first kappa shape index (κ1) is 36.8. The topological polar surface area (TPSA) is 3.24 Å². The maximum atomic E-state index is 2.51. The van der Waals surface area contributed by atoms with Crippen LogP contribution < -0.4 is 4.90 Å². The van der Waals surface area contributed by atoms with Gasteiger partial charge in [-0.05, 0) is 137 Å². The standard InChI is InChI=1S/C62H43N/c1-2-15-42(16-3-1)43-29-31-44(32-30-43)45-33-35-50(36-34-45)63(51-37-38-59-57-26-11-10-24-55(57)56-25-12-13-27-58(56)60(59)41-51)61-28-14-20-49-40-47-18-5-8-22-53(47)52-21-7-4-17-46(52)39-48-19-6-9-23-54(48)62(49)61/h1-38,41H,39-40H2. The molecule has 0 aliphatic heterocycles. The van der Waals surface area contributed by atoms with Crippen molar-refractivity contribution in [3.05, 3.63) is 259 Å². The predicted molar refractivity (Wildman–Crippen MR) is 267 cm³/mol. The Morgan fingerprint density at radius 3 is 1.24 bits per heavy atom. The first-order valence-electron chi connectivity index (χ1n) is 22.0. The van der Waals surface area contributed by atoms with Gasteiger partial charge in [0.05, 0.1) is 5.69 Å². The average molecular weight is 802 g/mol. The van der Waals surface area contributed by atoms with E-state index >= 15 is 0 Å². The highest BCUT2D eigenvalue weighted by Gasteiger charge is 2.25. The molecule has 0 aromatic heterocycles. The van der Waals surface area contributed by atoms with Gasteiger partial charge < -0.3 is 4.90 Å². The first-order valence-corrected chi connectivity index (χ1v) is 22.0. The second-order valence-electron chi connectivity index (χ2n) is 16.8. The van der Waals surface area contributed by atoms with Crippen molar-refractivity contribution >= 4 is 49.4 Å². The Bertz CT molecular complexity index is 3450. The third-order valence-electron chi connectivity index (χ3n) is 13.2. The van der Waals surface area contributed by atoms with Gasteiger partial charge in [-0.3, -0.25) is 0 Å².